The van der Waals surface area contributed by atoms with Gasteiger partial charge in [0.1, 0.15) is 19.3 Å². The van der Waals surface area contributed by atoms with Crippen molar-refractivity contribution in [2.75, 3.05) is 45.0 Å². The first kappa shape index (κ1) is 31.1. The largest absolute Gasteiger partial charge is 0.481 e. The number of carbonyl (C=O) groups excluding carboxylic acids is 4. The Labute approximate surface area is 201 Å². The lowest BCUT2D eigenvalue weighted by Crippen LogP contribution is -2.48. The van der Waals surface area contributed by atoms with E-state index >= 15 is 0 Å². The first-order chi connectivity index (χ1) is 16.5. The van der Waals surface area contributed by atoms with Crippen molar-refractivity contribution < 1.29 is 58.4 Å². The van der Waals surface area contributed by atoms with Gasteiger partial charge in [0, 0.05) is 24.6 Å². The van der Waals surface area contributed by atoms with Crippen LogP contribution in [-0.4, -0.2) is 96.0 Å². The quantitative estimate of drug-likeness (QED) is 0.0571. The molecule has 1 atom stereocenters. The third-order valence-electron chi connectivity index (χ3n) is 3.67. The lowest BCUT2D eigenvalue weighted by atomic mass is 10.2. The van der Waals surface area contributed by atoms with Gasteiger partial charge in [-0.15, -0.1) is 20.2 Å². The Bertz CT molecular complexity index is 761. The number of carboxylic acids is 1. The number of ether oxygens (including phenoxy) is 2. The van der Waals surface area contributed by atoms with Crippen molar-refractivity contribution in [3.05, 3.63) is 20.2 Å². The van der Waals surface area contributed by atoms with Crippen molar-refractivity contribution in [1.82, 2.24) is 10.6 Å². The van der Waals surface area contributed by atoms with Gasteiger partial charge in [-0.1, -0.05) is 0 Å². The number of aliphatic carboxylic acids is 1. The number of nitrogens with one attached hydrogen (secondary N) is 2. The van der Waals surface area contributed by atoms with Crippen LogP contribution in [0.1, 0.15) is 12.8 Å². The molecular formula is C16H24N4O14S. The maximum absolute atomic E-state index is 11.9. The first-order valence-corrected chi connectivity index (χ1v) is 10.8. The van der Waals surface area contributed by atoms with Gasteiger partial charge in [0.05, 0.1) is 19.5 Å². The van der Waals surface area contributed by atoms with Gasteiger partial charge < -0.3 is 34.9 Å². The lowest BCUT2D eigenvalue weighted by Gasteiger charge is -2.16. The van der Waals surface area contributed by atoms with Crippen LogP contribution in [0.5, 0.6) is 0 Å². The molecule has 0 aromatic rings. The van der Waals surface area contributed by atoms with E-state index in [2.05, 4.69) is 29.8 Å². The zero-order valence-electron chi connectivity index (χ0n) is 18.4. The Balaban J connectivity index is 4.56. The molecule has 0 spiro atoms. The summed E-state index contributed by atoms with van der Waals surface area (Å²) in [5.74, 6) is -6.04. The van der Waals surface area contributed by atoms with Gasteiger partial charge in [0.2, 0.25) is 5.78 Å². The Morgan fingerprint density at radius 2 is 1.63 bits per heavy atom. The summed E-state index contributed by atoms with van der Waals surface area (Å²) in [5, 5.41) is 31.4. The number of ketones is 1. The topological polar surface area (TPSA) is 253 Å². The van der Waals surface area contributed by atoms with Crippen LogP contribution in [0, 0.1) is 26.1 Å². The fourth-order valence-corrected chi connectivity index (χ4v) is 2.92. The molecule has 0 radical (unpaired) electrons. The van der Waals surface area contributed by atoms with Crippen LogP contribution in [0.2, 0.25) is 0 Å². The summed E-state index contributed by atoms with van der Waals surface area (Å²) >= 11 is 0.779. The van der Waals surface area contributed by atoms with Crippen LogP contribution < -0.4 is 10.6 Å². The summed E-state index contributed by atoms with van der Waals surface area (Å²) in [6.45, 7) is -2.00. The van der Waals surface area contributed by atoms with Crippen molar-refractivity contribution in [2.45, 2.75) is 18.9 Å². The number of carbonyl (C=O) groups is 5. The standard InChI is InChI=1S/C16H24N4O14S/c1-31-14(24)11(18-16(26)17-4-2-3-13(22)23)8-35-9-12(21)15(25)32-5-10(6-33-19(27)28)7-34-20(29)30/h10-11H,2-9H2,1H3,(H,22,23)(H2,17,18,26)/t11-/m0/s1. The summed E-state index contributed by atoms with van der Waals surface area (Å²) in [4.78, 5) is 86.4. The second kappa shape index (κ2) is 17.6. The van der Waals surface area contributed by atoms with Gasteiger partial charge in [-0.05, 0) is 6.42 Å². The van der Waals surface area contributed by atoms with E-state index in [4.69, 9.17) is 5.11 Å². The summed E-state index contributed by atoms with van der Waals surface area (Å²) < 4.78 is 9.22. The summed E-state index contributed by atoms with van der Waals surface area (Å²) in [7, 11) is 1.07. The van der Waals surface area contributed by atoms with E-state index in [1.807, 2.05) is 0 Å². The Morgan fingerprint density at radius 3 is 2.14 bits per heavy atom. The third kappa shape index (κ3) is 16.4. The van der Waals surface area contributed by atoms with Crippen molar-refractivity contribution >= 4 is 41.5 Å². The molecule has 0 bridgehead atoms. The molecule has 198 valence electrons. The van der Waals surface area contributed by atoms with Crippen molar-refractivity contribution in [3.8, 4) is 0 Å². The van der Waals surface area contributed by atoms with Gasteiger partial charge in [-0.2, -0.15) is 11.8 Å². The van der Waals surface area contributed by atoms with E-state index in [0.717, 1.165) is 18.9 Å². The molecule has 18 nitrogen and oxygen atoms in total. The van der Waals surface area contributed by atoms with Crippen molar-refractivity contribution in [3.63, 3.8) is 0 Å². The van der Waals surface area contributed by atoms with Gasteiger partial charge >= 0.3 is 23.9 Å². The first-order valence-electron chi connectivity index (χ1n) is 9.62. The molecule has 0 aromatic carbocycles. The SMILES string of the molecule is COC(=O)[C@H](CSCC(=O)C(=O)OCC(CO[N+](=O)[O-])CO[N+](=O)[O-])NC(=O)NCCCC(=O)O. The zero-order valence-corrected chi connectivity index (χ0v) is 19.2. The van der Waals surface area contributed by atoms with Crippen LogP contribution in [0.15, 0.2) is 0 Å². The van der Waals surface area contributed by atoms with E-state index in [0.29, 0.717) is 0 Å². The molecule has 0 aromatic heterocycles. The molecule has 0 heterocycles. The maximum Gasteiger partial charge on any atom is 0.375 e. The number of methoxy groups -OCH3 is 1. The number of amides is 2. The number of nitrogens with zero attached hydrogens (tertiary/aromatic N) is 2. The van der Waals surface area contributed by atoms with Crippen LogP contribution in [0.4, 0.5) is 4.79 Å². The van der Waals surface area contributed by atoms with E-state index in [1.165, 1.54) is 0 Å². The summed E-state index contributed by atoms with van der Waals surface area (Å²) in [6.07, 6.45) is -0.00475. The molecular weight excluding hydrogens is 504 g/mol. The number of hydrogen-bond acceptors (Lipinski definition) is 14. The van der Waals surface area contributed by atoms with Crippen molar-refractivity contribution in [1.29, 1.82) is 0 Å². The predicted octanol–water partition coefficient (Wildman–Crippen LogP) is -1.43. The Hall–Kier alpha value is -3.90. The monoisotopic (exact) mass is 528 g/mol. The van der Waals surface area contributed by atoms with Crippen molar-refractivity contribution in [2.24, 2.45) is 5.92 Å². The minimum absolute atomic E-state index is 0.0316. The summed E-state index contributed by atoms with van der Waals surface area (Å²) in [6, 6.07) is -1.98. The molecule has 0 saturated carbocycles. The molecule has 0 rings (SSSR count). The van der Waals surface area contributed by atoms with Gasteiger partial charge in [-0.25, -0.2) is 14.4 Å². The average Bonchev–Trinajstić information content (AvgIpc) is 2.79. The number of rotatable bonds is 19. The number of Topliss-reactive ketones (excluding diaryl/α,β-unsaturated/α-hetero) is 1. The highest BCUT2D eigenvalue weighted by atomic mass is 32.2. The van der Waals surface area contributed by atoms with Crippen LogP contribution in [0.3, 0.4) is 0 Å². The fourth-order valence-electron chi connectivity index (χ4n) is 2.04. The number of urea groups is 1. The number of carboxylic acid groups (broad SMARTS) is 1. The normalized spacial score (nSPS) is 11.0. The highest BCUT2D eigenvalue weighted by Gasteiger charge is 2.24. The molecule has 19 heteroatoms. The highest BCUT2D eigenvalue weighted by molar-refractivity contribution is 8.00. The lowest BCUT2D eigenvalue weighted by molar-refractivity contribution is -0.768. The minimum Gasteiger partial charge on any atom is -0.481 e. The zero-order chi connectivity index (χ0) is 26.8. The van der Waals surface area contributed by atoms with Gasteiger partial charge in [-0.3, -0.25) is 9.59 Å². The summed E-state index contributed by atoms with van der Waals surface area (Å²) in [5.41, 5.74) is 0. The van der Waals surface area contributed by atoms with Gasteiger partial charge in [0.25, 0.3) is 10.2 Å². The third-order valence-corrected chi connectivity index (χ3v) is 4.71. The smallest absolute Gasteiger partial charge is 0.375 e. The number of thioether (sulfide) groups is 1. The molecule has 0 aliphatic heterocycles. The molecule has 0 saturated heterocycles. The molecule has 2 amide bonds. The second-order valence-electron chi connectivity index (χ2n) is 6.41. The van der Waals surface area contributed by atoms with Crippen LogP contribution in [-0.2, 0) is 38.3 Å². The minimum atomic E-state index is -1.34. The Morgan fingerprint density at radius 1 is 1.03 bits per heavy atom. The molecule has 35 heavy (non-hydrogen) atoms. The van der Waals surface area contributed by atoms with E-state index < -0.39 is 77.4 Å². The molecule has 0 fully saturated rings. The van der Waals surface area contributed by atoms with Gasteiger partial charge in [0.15, 0.2) is 0 Å². The van der Waals surface area contributed by atoms with E-state index in [1.54, 1.807) is 0 Å². The predicted molar refractivity (Wildman–Crippen MR) is 112 cm³/mol. The number of esters is 2. The average molecular weight is 528 g/mol. The number of hydrogen-bond donors (Lipinski definition) is 3. The fraction of sp³-hybridized carbons (Fsp3) is 0.688. The van der Waals surface area contributed by atoms with Crippen LogP contribution >= 0.6 is 11.8 Å². The van der Waals surface area contributed by atoms with E-state index in [9.17, 15) is 44.2 Å². The van der Waals surface area contributed by atoms with Crippen LogP contribution in [0.25, 0.3) is 0 Å². The molecule has 0 aliphatic carbocycles. The Kier molecular flexibility index (Phi) is 15.6. The maximum atomic E-state index is 11.9. The van der Waals surface area contributed by atoms with E-state index in [-0.39, 0.29) is 25.1 Å². The molecule has 3 N–H and O–H groups in total. The molecule has 0 unspecified atom stereocenters. The molecule has 0 aliphatic rings. The highest BCUT2D eigenvalue weighted by Crippen LogP contribution is 2.07. The second-order valence-corrected chi connectivity index (χ2v) is 7.45.